The third-order valence-electron chi connectivity index (χ3n) is 3.49. The van der Waals surface area contributed by atoms with Gasteiger partial charge in [-0.1, -0.05) is 0 Å². The number of carbonyl (C=O) groups is 3. The maximum Gasteiger partial charge on any atom is 0.306 e. The molecule has 1 aliphatic rings. The molecular weight excluding hydrogens is 262 g/mol. The molecule has 0 bridgehead atoms. The van der Waals surface area contributed by atoms with Crippen molar-refractivity contribution in [1.82, 2.24) is 14.7 Å². The lowest BCUT2D eigenvalue weighted by molar-refractivity contribution is -0.142. The van der Waals surface area contributed by atoms with E-state index in [4.69, 9.17) is 0 Å². The fraction of sp³-hybridized carbons (Fsp3) is 0.769. The lowest BCUT2D eigenvalue weighted by Crippen LogP contribution is -2.51. The maximum atomic E-state index is 12.0. The number of hydrogen-bond acceptors (Lipinski definition) is 5. The first kappa shape index (κ1) is 16.4. The summed E-state index contributed by atoms with van der Waals surface area (Å²) in [6.45, 7) is 4.97. The summed E-state index contributed by atoms with van der Waals surface area (Å²) >= 11 is 0. The molecule has 1 fully saturated rings. The number of amides is 2. The van der Waals surface area contributed by atoms with E-state index in [-0.39, 0.29) is 24.3 Å². The maximum absolute atomic E-state index is 12.0. The Morgan fingerprint density at radius 2 is 1.75 bits per heavy atom. The van der Waals surface area contributed by atoms with E-state index in [9.17, 15) is 14.4 Å². The average molecular weight is 285 g/mol. The normalized spacial score (nSPS) is 15.8. The molecule has 1 aliphatic heterocycles. The van der Waals surface area contributed by atoms with Crippen molar-refractivity contribution in [2.75, 3.05) is 53.4 Å². The van der Waals surface area contributed by atoms with Crippen LogP contribution in [-0.2, 0) is 19.1 Å². The summed E-state index contributed by atoms with van der Waals surface area (Å²) in [6, 6.07) is 0. The van der Waals surface area contributed by atoms with E-state index in [1.807, 2.05) is 0 Å². The molecule has 0 spiro atoms. The van der Waals surface area contributed by atoms with Crippen molar-refractivity contribution in [2.45, 2.75) is 13.3 Å². The van der Waals surface area contributed by atoms with Crippen molar-refractivity contribution >= 4 is 17.8 Å². The third-order valence-corrected chi connectivity index (χ3v) is 3.49. The highest BCUT2D eigenvalue weighted by Gasteiger charge is 2.22. The molecule has 114 valence electrons. The van der Waals surface area contributed by atoms with Gasteiger partial charge in [-0.15, -0.1) is 0 Å². The molecule has 2 amide bonds. The molecule has 1 rings (SSSR count). The Balaban J connectivity index is 2.29. The topological polar surface area (TPSA) is 70.2 Å². The first-order valence-electron chi connectivity index (χ1n) is 6.72. The summed E-state index contributed by atoms with van der Waals surface area (Å²) in [6.07, 6.45) is 0.373. The van der Waals surface area contributed by atoms with Gasteiger partial charge < -0.3 is 14.5 Å². The number of ether oxygens (including phenoxy) is 1. The molecule has 0 aromatic rings. The monoisotopic (exact) mass is 285 g/mol. The van der Waals surface area contributed by atoms with Crippen LogP contribution in [0.4, 0.5) is 0 Å². The van der Waals surface area contributed by atoms with Crippen LogP contribution in [0.25, 0.3) is 0 Å². The number of likely N-dealkylation sites (N-methyl/N-ethyl adjacent to an activating group) is 1. The van der Waals surface area contributed by atoms with Gasteiger partial charge in [-0.3, -0.25) is 19.3 Å². The zero-order valence-corrected chi connectivity index (χ0v) is 12.4. The van der Waals surface area contributed by atoms with Crippen LogP contribution in [0.1, 0.15) is 13.3 Å². The smallest absolute Gasteiger partial charge is 0.306 e. The SMILES string of the molecule is COC(=O)CCN1CCN(C(=O)CN(C)C(C)=O)CC1. The number of nitrogens with zero attached hydrogens (tertiary/aromatic N) is 3. The van der Waals surface area contributed by atoms with Crippen molar-refractivity contribution in [1.29, 1.82) is 0 Å². The van der Waals surface area contributed by atoms with Gasteiger partial charge in [0.25, 0.3) is 0 Å². The lowest BCUT2D eigenvalue weighted by Gasteiger charge is -2.35. The Kier molecular flexibility index (Phi) is 6.44. The molecule has 0 saturated carbocycles. The Hall–Kier alpha value is -1.63. The summed E-state index contributed by atoms with van der Waals surface area (Å²) < 4.78 is 4.60. The van der Waals surface area contributed by atoms with E-state index in [2.05, 4.69) is 9.64 Å². The number of carbonyl (C=O) groups excluding carboxylic acids is 3. The van der Waals surface area contributed by atoms with Gasteiger partial charge in [0.1, 0.15) is 0 Å². The second-order valence-corrected chi connectivity index (χ2v) is 4.92. The highest BCUT2D eigenvalue weighted by Crippen LogP contribution is 2.04. The lowest BCUT2D eigenvalue weighted by atomic mass is 10.2. The number of rotatable bonds is 5. The van der Waals surface area contributed by atoms with Gasteiger partial charge in [0.15, 0.2) is 0 Å². The van der Waals surface area contributed by atoms with Gasteiger partial charge >= 0.3 is 5.97 Å². The van der Waals surface area contributed by atoms with Gasteiger partial charge in [-0.2, -0.15) is 0 Å². The number of esters is 1. The minimum absolute atomic E-state index is 0.0321. The molecule has 0 aliphatic carbocycles. The second kappa shape index (κ2) is 7.84. The van der Waals surface area contributed by atoms with Crippen LogP contribution in [-0.4, -0.2) is 85.9 Å². The van der Waals surface area contributed by atoms with Crippen molar-refractivity contribution < 1.29 is 19.1 Å². The summed E-state index contributed by atoms with van der Waals surface area (Å²) in [5.74, 6) is -0.364. The van der Waals surface area contributed by atoms with E-state index in [1.165, 1.54) is 18.9 Å². The van der Waals surface area contributed by atoms with Crippen LogP contribution >= 0.6 is 0 Å². The number of hydrogen-bond donors (Lipinski definition) is 0. The number of piperazine rings is 1. The van der Waals surface area contributed by atoms with Crippen molar-refractivity contribution in [2.24, 2.45) is 0 Å². The molecule has 0 atom stereocenters. The minimum atomic E-state index is -0.216. The fourth-order valence-electron chi connectivity index (χ4n) is 1.99. The molecule has 0 N–H and O–H groups in total. The molecule has 1 saturated heterocycles. The van der Waals surface area contributed by atoms with Crippen LogP contribution in [0.3, 0.4) is 0 Å². The second-order valence-electron chi connectivity index (χ2n) is 4.92. The molecule has 7 nitrogen and oxygen atoms in total. The molecule has 0 aromatic carbocycles. The molecule has 0 unspecified atom stereocenters. The van der Waals surface area contributed by atoms with Crippen LogP contribution in [0.15, 0.2) is 0 Å². The number of methoxy groups -OCH3 is 1. The predicted molar refractivity (Wildman–Crippen MR) is 73.0 cm³/mol. The highest BCUT2D eigenvalue weighted by atomic mass is 16.5. The van der Waals surface area contributed by atoms with Gasteiger partial charge in [-0.05, 0) is 0 Å². The standard InChI is InChI=1S/C13H23N3O4/c1-11(17)14(2)10-12(18)16-8-6-15(7-9-16)5-4-13(19)20-3/h4-10H2,1-3H3. The van der Waals surface area contributed by atoms with Crippen molar-refractivity contribution in [3.63, 3.8) is 0 Å². The van der Waals surface area contributed by atoms with Gasteiger partial charge in [-0.25, -0.2) is 0 Å². The molecule has 7 heteroatoms. The molecule has 1 heterocycles. The fourth-order valence-corrected chi connectivity index (χ4v) is 1.99. The van der Waals surface area contributed by atoms with E-state index < -0.39 is 0 Å². The third kappa shape index (κ3) is 5.16. The Labute approximate surface area is 119 Å². The van der Waals surface area contributed by atoms with Gasteiger partial charge in [0.05, 0.1) is 20.1 Å². The van der Waals surface area contributed by atoms with Crippen molar-refractivity contribution in [3.05, 3.63) is 0 Å². The van der Waals surface area contributed by atoms with Gasteiger partial charge in [0, 0.05) is 46.7 Å². The van der Waals surface area contributed by atoms with E-state index in [0.29, 0.717) is 26.1 Å². The first-order chi connectivity index (χ1) is 9.43. The first-order valence-corrected chi connectivity index (χ1v) is 6.72. The molecule has 20 heavy (non-hydrogen) atoms. The summed E-state index contributed by atoms with van der Waals surface area (Å²) in [7, 11) is 3.00. The quantitative estimate of drug-likeness (QED) is 0.617. The Bertz CT molecular complexity index is 365. The zero-order chi connectivity index (χ0) is 15.1. The molecular formula is C13H23N3O4. The van der Waals surface area contributed by atoms with Crippen molar-refractivity contribution in [3.8, 4) is 0 Å². The van der Waals surface area contributed by atoms with Gasteiger partial charge in [0.2, 0.25) is 11.8 Å². The van der Waals surface area contributed by atoms with Crippen LogP contribution in [0.5, 0.6) is 0 Å². The molecule has 0 aromatic heterocycles. The van der Waals surface area contributed by atoms with Crippen LogP contribution in [0.2, 0.25) is 0 Å². The largest absolute Gasteiger partial charge is 0.469 e. The summed E-state index contributed by atoms with van der Waals surface area (Å²) in [5.41, 5.74) is 0. The van der Waals surface area contributed by atoms with Crippen LogP contribution < -0.4 is 0 Å². The average Bonchev–Trinajstić information content (AvgIpc) is 2.44. The Morgan fingerprint density at radius 3 is 2.25 bits per heavy atom. The van der Waals surface area contributed by atoms with E-state index >= 15 is 0 Å². The predicted octanol–water partition coefficient (Wildman–Crippen LogP) is -0.828. The molecule has 0 radical (unpaired) electrons. The van der Waals surface area contributed by atoms with E-state index in [1.54, 1.807) is 11.9 Å². The zero-order valence-electron chi connectivity index (χ0n) is 12.4. The van der Waals surface area contributed by atoms with E-state index in [0.717, 1.165) is 13.1 Å². The Morgan fingerprint density at radius 1 is 1.15 bits per heavy atom. The summed E-state index contributed by atoms with van der Waals surface area (Å²) in [4.78, 5) is 39.4. The highest BCUT2D eigenvalue weighted by molar-refractivity contribution is 5.83. The minimum Gasteiger partial charge on any atom is -0.469 e. The van der Waals surface area contributed by atoms with Crippen LogP contribution in [0, 0.1) is 0 Å². The summed E-state index contributed by atoms with van der Waals surface area (Å²) in [5, 5.41) is 0.